The SMILES string of the molecule is NS(=O)(=O)N1CCN(C(=O)Cc2cccc(O)c2)CC1. The number of hydrogen-bond acceptors (Lipinski definition) is 4. The van der Waals surface area contributed by atoms with Crippen LogP contribution >= 0.6 is 0 Å². The van der Waals surface area contributed by atoms with E-state index in [9.17, 15) is 18.3 Å². The van der Waals surface area contributed by atoms with Crippen LogP contribution in [-0.4, -0.2) is 54.8 Å². The molecule has 0 atom stereocenters. The topological polar surface area (TPSA) is 104 Å². The highest BCUT2D eigenvalue weighted by atomic mass is 32.2. The van der Waals surface area contributed by atoms with E-state index in [1.165, 1.54) is 0 Å². The average Bonchev–Trinajstić information content (AvgIpc) is 2.38. The Bertz CT molecular complexity index is 594. The van der Waals surface area contributed by atoms with Gasteiger partial charge in [0.2, 0.25) is 5.91 Å². The summed E-state index contributed by atoms with van der Waals surface area (Å²) in [5.74, 6) is 0.0269. The maximum absolute atomic E-state index is 12.1. The summed E-state index contributed by atoms with van der Waals surface area (Å²) in [6.07, 6.45) is 0.184. The maximum Gasteiger partial charge on any atom is 0.277 e. The van der Waals surface area contributed by atoms with E-state index in [2.05, 4.69) is 0 Å². The van der Waals surface area contributed by atoms with Gasteiger partial charge in [0.1, 0.15) is 5.75 Å². The zero-order chi connectivity index (χ0) is 14.8. The number of rotatable bonds is 3. The summed E-state index contributed by atoms with van der Waals surface area (Å²) in [7, 11) is -3.68. The van der Waals surface area contributed by atoms with Gasteiger partial charge >= 0.3 is 0 Å². The lowest BCUT2D eigenvalue weighted by atomic mass is 10.1. The van der Waals surface area contributed by atoms with Crippen molar-refractivity contribution in [3.63, 3.8) is 0 Å². The van der Waals surface area contributed by atoms with Gasteiger partial charge in [0.15, 0.2) is 0 Å². The first-order chi connectivity index (χ1) is 9.36. The minimum atomic E-state index is -3.68. The van der Waals surface area contributed by atoms with E-state index in [4.69, 9.17) is 5.14 Å². The van der Waals surface area contributed by atoms with Gasteiger partial charge in [0.25, 0.3) is 10.2 Å². The molecule has 0 spiro atoms. The van der Waals surface area contributed by atoms with E-state index in [-0.39, 0.29) is 31.2 Å². The molecule has 20 heavy (non-hydrogen) atoms. The first-order valence-corrected chi connectivity index (χ1v) is 7.70. The highest BCUT2D eigenvalue weighted by molar-refractivity contribution is 7.86. The van der Waals surface area contributed by atoms with Crippen LogP contribution in [0.2, 0.25) is 0 Å². The third-order valence-corrected chi connectivity index (χ3v) is 4.30. The van der Waals surface area contributed by atoms with Crippen LogP contribution in [0.3, 0.4) is 0 Å². The average molecular weight is 299 g/mol. The summed E-state index contributed by atoms with van der Waals surface area (Å²) in [5.41, 5.74) is 0.726. The second kappa shape index (κ2) is 5.78. The number of carbonyl (C=O) groups is 1. The number of phenols is 1. The van der Waals surface area contributed by atoms with Crippen LogP contribution in [0.5, 0.6) is 5.75 Å². The molecule has 1 aromatic rings. The Balaban J connectivity index is 1.92. The molecule has 0 radical (unpaired) electrons. The van der Waals surface area contributed by atoms with Crippen molar-refractivity contribution in [3.8, 4) is 5.75 Å². The molecule has 1 fully saturated rings. The lowest BCUT2D eigenvalue weighted by molar-refractivity contribution is -0.131. The standard InChI is InChI=1S/C12H17N3O4S/c13-20(18,19)15-6-4-14(5-7-15)12(17)9-10-2-1-3-11(16)8-10/h1-3,8,16H,4-7,9H2,(H2,13,18,19). The molecule has 110 valence electrons. The summed E-state index contributed by atoms with van der Waals surface area (Å²) in [6, 6.07) is 6.52. The molecular formula is C12H17N3O4S. The predicted molar refractivity (Wildman–Crippen MR) is 73.1 cm³/mol. The number of nitrogens with zero attached hydrogens (tertiary/aromatic N) is 2. The van der Waals surface area contributed by atoms with Gasteiger partial charge in [-0.25, -0.2) is 5.14 Å². The fourth-order valence-corrected chi connectivity index (χ4v) is 2.82. The first kappa shape index (κ1) is 14.8. The molecule has 1 aliphatic heterocycles. The Morgan fingerprint density at radius 2 is 1.90 bits per heavy atom. The molecule has 1 heterocycles. The minimum absolute atomic E-state index is 0.0929. The summed E-state index contributed by atoms with van der Waals surface area (Å²) in [5, 5.41) is 14.4. The summed E-state index contributed by atoms with van der Waals surface area (Å²) in [6.45, 7) is 1.08. The molecule has 1 amide bonds. The number of hydrogen-bond donors (Lipinski definition) is 2. The lowest BCUT2D eigenvalue weighted by Crippen LogP contribution is -2.52. The zero-order valence-electron chi connectivity index (χ0n) is 10.9. The van der Waals surface area contributed by atoms with Crippen LogP contribution in [0.15, 0.2) is 24.3 Å². The molecule has 1 aliphatic rings. The molecule has 7 nitrogen and oxygen atoms in total. The zero-order valence-corrected chi connectivity index (χ0v) is 11.7. The van der Waals surface area contributed by atoms with Gasteiger partial charge in [0, 0.05) is 26.2 Å². The van der Waals surface area contributed by atoms with Crippen LogP contribution in [0.1, 0.15) is 5.56 Å². The van der Waals surface area contributed by atoms with Crippen molar-refractivity contribution in [2.24, 2.45) is 5.14 Å². The molecular weight excluding hydrogens is 282 g/mol. The van der Waals surface area contributed by atoms with E-state index in [1.807, 2.05) is 0 Å². The number of benzene rings is 1. The van der Waals surface area contributed by atoms with Gasteiger partial charge < -0.3 is 10.0 Å². The fourth-order valence-electron chi connectivity index (χ4n) is 2.14. The largest absolute Gasteiger partial charge is 0.508 e. The Kier molecular flexibility index (Phi) is 4.26. The highest BCUT2D eigenvalue weighted by Crippen LogP contribution is 2.13. The quantitative estimate of drug-likeness (QED) is 0.768. The first-order valence-electron chi connectivity index (χ1n) is 6.20. The lowest BCUT2D eigenvalue weighted by Gasteiger charge is -2.33. The molecule has 0 unspecified atom stereocenters. The van der Waals surface area contributed by atoms with Crippen LogP contribution < -0.4 is 5.14 Å². The van der Waals surface area contributed by atoms with Crippen molar-refractivity contribution >= 4 is 16.1 Å². The molecule has 8 heteroatoms. The predicted octanol–water partition coefficient (Wildman–Crippen LogP) is -0.718. The Morgan fingerprint density at radius 1 is 1.25 bits per heavy atom. The van der Waals surface area contributed by atoms with Gasteiger partial charge in [-0.1, -0.05) is 12.1 Å². The normalized spacial score (nSPS) is 17.1. The third-order valence-electron chi connectivity index (χ3n) is 3.22. The summed E-state index contributed by atoms with van der Waals surface area (Å²) in [4.78, 5) is 13.7. The maximum atomic E-state index is 12.1. The van der Waals surface area contributed by atoms with Crippen LogP contribution in [0, 0.1) is 0 Å². The molecule has 0 saturated carbocycles. The van der Waals surface area contributed by atoms with Gasteiger partial charge in [-0.2, -0.15) is 12.7 Å². The van der Waals surface area contributed by atoms with Crippen molar-refractivity contribution in [1.82, 2.24) is 9.21 Å². The van der Waals surface area contributed by atoms with Crippen LogP contribution in [-0.2, 0) is 21.4 Å². The molecule has 3 N–H and O–H groups in total. The Hall–Kier alpha value is -1.64. The molecule has 0 aromatic heterocycles. The van der Waals surface area contributed by atoms with Crippen molar-refractivity contribution < 1.29 is 18.3 Å². The van der Waals surface area contributed by atoms with Crippen molar-refractivity contribution in [1.29, 1.82) is 0 Å². The van der Waals surface area contributed by atoms with Crippen LogP contribution in [0.25, 0.3) is 0 Å². The number of amides is 1. The number of nitrogens with two attached hydrogens (primary N) is 1. The Morgan fingerprint density at radius 3 is 2.45 bits per heavy atom. The Labute approximate surface area is 117 Å². The van der Waals surface area contributed by atoms with Crippen molar-refractivity contribution in [3.05, 3.63) is 29.8 Å². The van der Waals surface area contributed by atoms with Crippen molar-refractivity contribution in [2.75, 3.05) is 26.2 Å². The second-order valence-electron chi connectivity index (χ2n) is 4.67. The molecule has 1 saturated heterocycles. The van der Waals surface area contributed by atoms with E-state index in [1.54, 1.807) is 29.2 Å². The third kappa shape index (κ3) is 3.69. The molecule has 0 aliphatic carbocycles. The second-order valence-corrected chi connectivity index (χ2v) is 6.22. The molecule has 1 aromatic carbocycles. The number of carbonyl (C=O) groups excluding carboxylic acids is 1. The number of piperazine rings is 1. The van der Waals surface area contributed by atoms with E-state index in [0.717, 1.165) is 9.87 Å². The smallest absolute Gasteiger partial charge is 0.277 e. The van der Waals surface area contributed by atoms with E-state index >= 15 is 0 Å². The highest BCUT2D eigenvalue weighted by Gasteiger charge is 2.26. The summed E-state index contributed by atoms with van der Waals surface area (Å²) < 4.78 is 23.5. The van der Waals surface area contributed by atoms with Gasteiger partial charge in [0.05, 0.1) is 6.42 Å². The molecule has 0 bridgehead atoms. The molecule has 2 rings (SSSR count). The van der Waals surface area contributed by atoms with E-state index < -0.39 is 10.2 Å². The minimum Gasteiger partial charge on any atom is -0.508 e. The monoisotopic (exact) mass is 299 g/mol. The van der Waals surface area contributed by atoms with Crippen molar-refractivity contribution in [2.45, 2.75) is 6.42 Å². The van der Waals surface area contributed by atoms with Gasteiger partial charge in [-0.05, 0) is 17.7 Å². The van der Waals surface area contributed by atoms with Crippen LogP contribution in [0.4, 0.5) is 0 Å². The number of phenolic OH excluding ortho intramolecular Hbond substituents is 1. The van der Waals surface area contributed by atoms with Gasteiger partial charge in [-0.3, -0.25) is 4.79 Å². The van der Waals surface area contributed by atoms with E-state index in [0.29, 0.717) is 13.1 Å². The van der Waals surface area contributed by atoms with Gasteiger partial charge in [-0.15, -0.1) is 0 Å². The summed E-state index contributed by atoms with van der Waals surface area (Å²) >= 11 is 0. The number of aromatic hydroxyl groups is 1. The fraction of sp³-hybridized carbons (Fsp3) is 0.417.